The Bertz CT molecular complexity index is 183. The molecule has 13 heavy (non-hydrogen) atoms. The summed E-state index contributed by atoms with van der Waals surface area (Å²) in [6, 6.07) is 0. The molecule has 0 aromatic rings. The Labute approximate surface area is 79.8 Å². The fourth-order valence-electron chi connectivity index (χ4n) is 2.06. The van der Waals surface area contributed by atoms with Crippen LogP contribution in [0.5, 0.6) is 0 Å². The number of methoxy groups -OCH3 is 1. The van der Waals surface area contributed by atoms with Crippen molar-refractivity contribution in [1.29, 1.82) is 0 Å². The molecule has 3 heteroatoms. The zero-order chi connectivity index (χ0) is 9.90. The molecule has 0 saturated heterocycles. The number of carbonyl (C=O) groups is 1. The largest absolute Gasteiger partial charge is 0.453 e. The van der Waals surface area contributed by atoms with Gasteiger partial charge in [-0.25, -0.2) is 4.79 Å². The zero-order valence-corrected chi connectivity index (χ0v) is 8.72. The van der Waals surface area contributed by atoms with Crippen LogP contribution in [-0.4, -0.2) is 18.7 Å². The second kappa shape index (κ2) is 3.99. The number of hydrogen-bond donors (Lipinski definition) is 1. The average molecular weight is 185 g/mol. The van der Waals surface area contributed by atoms with Crippen molar-refractivity contribution in [2.75, 3.05) is 7.11 Å². The Kier molecular flexibility index (Phi) is 3.17. The Balaban J connectivity index is 2.48. The molecule has 1 saturated carbocycles. The highest BCUT2D eigenvalue weighted by Crippen LogP contribution is 2.33. The van der Waals surface area contributed by atoms with Gasteiger partial charge in [-0.15, -0.1) is 0 Å². The number of carbonyl (C=O) groups excluding carboxylic acids is 1. The average Bonchev–Trinajstić information content (AvgIpc) is 2.55. The van der Waals surface area contributed by atoms with E-state index in [0.717, 1.165) is 0 Å². The van der Waals surface area contributed by atoms with E-state index in [4.69, 9.17) is 0 Å². The zero-order valence-electron chi connectivity index (χ0n) is 8.72. The van der Waals surface area contributed by atoms with Crippen molar-refractivity contribution in [3.63, 3.8) is 0 Å². The van der Waals surface area contributed by atoms with Crippen molar-refractivity contribution in [3.8, 4) is 0 Å². The van der Waals surface area contributed by atoms with Crippen LogP contribution in [0.3, 0.4) is 0 Å². The van der Waals surface area contributed by atoms with Gasteiger partial charge in [-0.05, 0) is 32.6 Å². The molecule has 76 valence electrons. The fraction of sp³-hybridized carbons (Fsp3) is 0.900. The lowest BCUT2D eigenvalue weighted by Gasteiger charge is -2.31. The highest BCUT2D eigenvalue weighted by atomic mass is 16.5. The Hall–Kier alpha value is -0.730. The first kappa shape index (κ1) is 10.4. The van der Waals surface area contributed by atoms with Gasteiger partial charge >= 0.3 is 6.09 Å². The lowest BCUT2D eigenvalue weighted by molar-refractivity contribution is 0.148. The van der Waals surface area contributed by atoms with Crippen LogP contribution in [0, 0.1) is 5.92 Å². The predicted octanol–water partition coefficient (Wildman–Crippen LogP) is 2.31. The van der Waals surface area contributed by atoms with Crippen molar-refractivity contribution in [1.82, 2.24) is 5.32 Å². The third kappa shape index (κ3) is 2.61. The van der Waals surface area contributed by atoms with Crippen LogP contribution >= 0.6 is 0 Å². The first-order valence-electron chi connectivity index (χ1n) is 4.92. The molecule has 0 aromatic carbocycles. The number of hydrogen-bond acceptors (Lipinski definition) is 2. The van der Waals surface area contributed by atoms with E-state index in [0.29, 0.717) is 5.92 Å². The van der Waals surface area contributed by atoms with Crippen LogP contribution in [0.25, 0.3) is 0 Å². The third-order valence-electron chi connectivity index (χ3n) is 2.99. The standard InChI is InChI=1S/C10H19NO2/c1-10(2,11-9(12)13-3)8-6-4-5-7-8/h8H,4-7H2,1-3H3,(H,11,12). The molecular formula is C10H19NO2. The highest BCUT2D eigenvalue weighted by molar-refractivity contribution is 5.67. The lowest BCUT2D eigenvalue weighted by atomic mass is 9.86. The first-order chi connectivity index (χ1) is 6.06. The predicted molar refractivity (Wildman–Crippen MR) is 51.6 cm³/mol. The summed E-state index contributed by atoms with van der Waals surface area (Å²) in [6.45, 7) is 4.14. The van der Waals surface area contributed by atoms with E-state index in [1.165, 1.54) is 32.8 Å². The third-order valence-corrected chi connectivity index (χ3v) is 2.99. The van der Waals surface area contributed by atoms with Gasteiger partial charge in [-0.2, -0.15) is 0 Å². The molecule has 3 nitrogen and oxygen atoms in total. The van der Waals surface area contributed by atoms with Crippen molar-refractivity contribution >= 4 is 6.09 Å². The van der Waals surface area contributed by atoms with E-state index in [1.54, 1.807) is 0 Å². The van der Waals surface area contributed by atoms with E-state index < -0.39 is 0 Å². The minimum Gasteiger partial charge on any atom is -0.453 e. The van der Waals surface area contributed by atoms with Gasteiger partial charge in [0.1, 0.15) is 0 Å². The fourth-order valence-corrected chi connectivity index (χ4v) is 2.06. The number of nitrogens with one attached hydrogen (secondary N) is 1. The van der Waals surface area contributed by atoms with Crippen LogP contribution in [0.4, 0.5) is 4.79 Å². The van der Waals surface area contributed by atoms with Gasteiger partial charge in [0.2, 0.25) is 0 Å². The van der Waals surface area contributed by atoms with Crippen molar-refractivity contribution in [3.05, 3.63) is 0 Å². The molecule has 0 unspecified atom stereocenters. The van der Waals surface area contributed by atoms with Gasteiger partial charge in [0.25, 0.3) is 0 Å². The molecule has 1 fully saturated rings. The molecule has 0 spiro atoms. The monoisotopic (exact) mass is 185 g/mol. The molecule has 1 aliphatic carbocycles. The summed E-state index contributed by atoms with van der Waals surface area (Å²) in [5.74, 6) is 0.603. The van der Waals surface area contributed by atoms with Gasteiger partial charge in [-0.1, -0.05) is 12.8 Å². The second-order valence-electron chi connectivity index (χ2n) is 4.32. The summed E-state index contributed by atoms with van der Waals surface area (Å²) in [6.07, 6.45) is 4.69. The number of rotatable bonds is 2. The van der Waals surface area contributed by atoms with Gasteiger partial charge in [0, 0.05) is 5.54 Å². The molecule has 1 N–H and O–H groups in total. The molecule has 1 amide bonds. The minimum absolute atomic E-state index is 0.121. The van der Waals surface area contributed by atoms with Crippen LogP contribution in [0.2, 0.25) is 0 Å². The normalized spacial score (nSPS) is 18.7. The maximum atomic E-state index is 11.1. The maximum Gasteiger partial charge on any atom is 0.407 e. The second-order valence-corrected chi connectivity index (χ2v) is 4.32. The number of amides is 1. The van der Waals surface area contributed by atoms with Crippen LogP contribution < -0.4 is 5.32 Å². The van der Waals surface area contributed by atoms with Gasteiger partial charge in [-0.3, -0.25) is 0 Å². The maximum absolute atomic E-state index is 11.1. The summed E-state index contributed by atoms with van der Waals surface area (Å²) in [7, 11) is 1.40. The summed E-state index contributed by atoms with van der Waals surface area (Å²) in [5, 5.41) is 2.89. The van der Waals surface area contributed by atoms with Gasteiger partial charge in [0.05, 0.1) is 7.11 Å². The van der Waals surface area contributed by atoms with Crippen molar-refractivity contribution < 1.29 is 9.53 Å². The quantitative estimate of drug-likeness (QED) is 0.717. The lowest BCUT2D eigenvalue weighted by Crippen LogP contribution is -2.48. The van der Waals surface area contributed by atoms with Gasteiger partial charge < -0.3 is 10.1 Å². The molecular weight excluding hydrogens is 166 g/mol. The summed E-state index contributed by atoms with van der Waals surface area (Å²) in [4.78, 5) is 11.1. The Morgan fingerprint density at radius 1 is 1.38 bits per heavy atom. The topological polar surface area (TPSA) is 38.3 Å². The van der Waals surface area contributed by atoms with E-state index in [9.17, 15) is 4.79 Å². The molecule has 0 aromatic heterocycles. The van der Waals surface area contributed by atoms with E-state index >= 15 is 0 Å². The van der Waals surface area contributed by atoms with E-state index in [2.05, 4.69) is 23.9 Å². The SMILES string of the molecule is COC(=O)NC(C)(C)C1CCCC1. The van der Waals surface area contributed by atoms with E-state index in [-0.39, 0.29) is 11.6 Å². The van der Waals surface area contributed by atoms with Crippen LogP contribution in [0.15, 0.2) is 0 Å². The Morgan fingerprint density at radius 2 is 1.92 bits per heavy atom. The molecule has 0 heterocycles. The Morgan fingerprint density at radius 3 is 2.38 bits per heavy atom. The number of alkyl carbamates (subject to hydrolysis) is 1. The highest BCUT2D eigenvalue weighted by Gasteiger charge is 2.33. The molecule has 0 bridgehead atoms. The molecule has 1 rings (SSSR count). The number of ether oxygens (including phenoxy) is 1. The molecule has 1 aliphatic rings. The molecule has 0 radical (unpaired) electrons. The van der Waals surface area contributed by atoms with Crippen molar-refractivity contribution in [2.24, 2.45) is 5.92 Å². The van der Waals surface area contributed by atoms with Crippen molar-refractivity contribution in [2.45, 2.75) is 45.1 Å². The molecule has 0 atom stereocenters. The smallest absolute Gasteiger partial charge is 0.407 e. The summed E-state index contributed by atoms with van der Waals surface area (Å²) < 4.78 is 4.60. The summed E-state index contributed by atoms with van der Waals surface area (Å²) >= 11 is 0. The van der Waals surface area contributed by atoms with E-state index in [1.807, 2.05) is 0 Å². The van der Waals surface area contributed by atoms with Gasteiger partial charge in [0.15, 0.2) is 0 Å². The van der Waals surface area contributed by atoms with Crippen LogP contribution in [-0.2, 0) is 4.74 Å². The summed E-state index contributed by atoms with van der Waals surface area (Å²) in [5.41, 5.74) is -0.121. The van der Waals surface area contributed by atoms with Crippen LogP contribution in [0.1, 0.15) is 39.5 Å². The molecule has 0 aliphatic heterocycles. The first-order valence-corrected chi connectivity index (χ1v) is 4.92. The minimum atomic E-state index is -0.322.